The van der Waals surface area contributed by atoms with Crippen molar-refractivity contribution in [3.8, 4) is 11.7 Å². The van der Waals surface area contributed by atoms with Gasteiger partial charge in [-0.05, 0) is 13.0 Å². The lowest BCUT2D eigenvalue weighted by Gasteiger charge is -1.87. The summed E-state index contributed by atoms with van der Waals surface area (Å²) >= 11 is 0. The van der Waals surface area contributed by atoms with Crippen LogP contribution in [0.4, 0.5) is 0 Å². The maximum Gasteiger partial charge on any atom is 0.295 e. The fourth-order valence-corrected chi connectivity index (χ4v) is 0.797. The smallest absolute Gasteiger partial charge is 0.295 e. The Hall–Kier alpha value is -1.78. The largest absolute Gasteiger partial charge is 0.330 e. The summed E-state index contributed by atoms with van der Waals surface area (Å²) in [5, 5.41) is 3.63. The summed E-state index contributed by atoms with van der Waals surface area (Å²) in [5.41, 5.74) is 0. The number of aryl methyl sites for hydroxylation is 1. The Kier molecular flexibility index (Phi) is 1.55. The Balaban J connectivity index is 2.45. The molecular formula is C7H6N4O. The van der Waals surface area contributed by atoms with Crippen LogP contribution in [0.1, 0.15) is 5.82 Å². The Morgan fingerprint density at radius 2 is 2.00 bits per heavy atom. The van der Waals surface area contributed by atoms with Crippen LogP contribution in [0, 0.1) is 6.92 Å². The lowest BCUT2D eigenvalue weighted by molar-refractivity contribution is 0.423. The Labute approximate surface area is 68.5 Å². The molecule has 2 aromatic heterocycles. The minimum absolute atomic E-state index is 0.355. The first-order valence-electron chi connectivity index (χ1n) is 3.44. The molecule has 0 aliphatic carbocycles. The van der Waals surface area contributed by atoms with Gasteiger partial charge in [-0.1, -0.05) is 5.16 Å². The monoisotopic (exact) mass is 162 g/mol. The van der Waals surface area contributed by atoms with E-state index in [1.165, 1.54) is 0 Å². The molecule has 0 bridgehead atoms. The maximum absolute atomic E-state index is 4.86. The maximum atomic E-state index is 4.86. The van der Waals surface area contributed by atoms with Gasteiger partial charge in [0.05, 0.1) is 0 Å². The fourth-order valence-electron chi connectivity index (χ4n) is 0.797. The van der Waals surface area contributed by atoms with Gasteiger partial charge in [0, 0.05) is 12.4 Å². The highest BCUT2D eigenvalue weighted by Crippen LogP contribution is 2.08. The first kappa shape index (κ1) is 6.90. The summed E-state index contributed by atoms with van der Waals surface area (Å²) in [4.78, 5) is 11.9. The van der Waals surface area contributed by atoms with Crippen molar-refractivity contribution in [1.82, 2.24) is 20.1 Å². The van der Waals surface area contributed by atoms with E-state index in [1.807, 2.05) is 0 Å². The molecule has 0 spiro atoms. The molecule has 0 N–H and O–H groups in total. The van der Waals surface area contributed by atoms with Crippen molar-refractivity contribution in [2.24, 2.45) is 0 Å². The average molecular weight is 162 g/mol. The molecular weight excluding hydrogens is 156 g/mol. The van der Waals surface area contributed by atoms with Crippen LogP contribution in [0.25, 0.3) is 11.7 Å². The van der Waals surface area contributed by atoms with E-state index in [4.69, 9.17) is 4.52 Å². The molecule has 5 heteroatoms. The van der Waals surface area contributed by atoms with E-state index < -0.39 is 0 Å². The highest BCUT2D eigenvalue weighted by molar-refractivity contribution is 5.37. The topological polar surface area (TPSA) is 64.7 Å². The van der Waals surface area contributed by atoms with Gasteiger partial charge in [-0.3, -0.25) is 0 Å². The second-order valence-electron chi connectivity index (χ2n) is 2.22. The van der Waals surface area contributed by atoms with Gasteiger partial charge in [-0.15, -0.1) is 0 Å². The molecule has 2 aromatic rings. The van der Waals surface area contributed by atoms with Crippen LogP contribution in [0.3, 0.4) is 0 Å². The molecule has 2 rings (SSSR count). The molecule has 5 nitrogen and oxygen atoms in total. The fraction of sp³-hybridized carbons (Fsp3) is 0.143. The summed E-state index contributed by atoms with van der Waals surface area (Å²) in [7, 11) is 0. The molecule has 0 aliphatic rings. The Morgan fingerprint density at radius 1 is 1.25 bits per heavy atom. The molecule has 0 saturated heterocycles. The summed E-state index contributed by atoms with van der Waals surface area (Å²) in [5.74, 6) is 1.39. The van der Waals surface area contributed by atoms with E-state index >= 15 is 0 Å². The minimum atomic E-state index is 0.355. The number of nitrogens with zero attached hydrogens (tertiary/aromatic N) is 4. The number of hydrogen-bond acceptors (Lipinski definition) is 5. The van der Waals surface area contributed by atoms with Gasteiger partial charge in [-0.2, -0.15) is 4.98 Å². The van der Waals surface area contributed by atoms with Crippen LogP contribution >= 0.6 is 0 Å². The van der Waals surface area contributed by atoms with Crippen molar-refractivity contribution in [2.75, 3.05) is 0 Å². The predicted molar refractivity (Wildman–Crippen MR) is 40.1 cm³/mol. The molecule has 0 radical (unpaired) electrons. The van der Waals surface area contributed by atoms with Gasteiger partial charge in [0.1, 0.15) is 0 Å². The van der Waals surface area contributed by atoms with Crippen molar-refractivity contribution < 1.29 is 4.52 Å². The van der Waals surface area contributed by atoms with Crippen LogP contribution in [0.2, 0.25) is 0 Å². The van der Waals surface area contributed by atoms with E-state index in [9.17, 15) is 0 Å². The minimum Gasteiger partial charge on any atom is -0.330 e. The highest BCUT2D eigenvalue weighted by atomic mass is 16.5. The Morgan fingerprint density at radius 3 is 2.58 bits per heavy atom. The van der Waals surface area contributed by atoms with Crippen molar-refractivity contribution in [3.63, 3.8) is 0 Å². The van der Waals surface area contributed by atoms with E-state index in [2.05, 4.69) is 20.1 Å². The zero-order valence-electron chi connectivity index (χ0n) is 6.43. The molecule has 0 unspecified atom stereocenters. The normalized spacial score (nSPS) is 10.1. The molecule has 0 atom stereocenters. The lowest BCUT2D eigenvalue weighted by Crippen LogP contribution is -1.86. The lowest BCUT2D eigenvalue weighted by atomic mass is 10.5. The van der Waals surface area contributed by atoms with Crippen LogP contribution in [-0.4, -0.2) is 20.1 Å². The molecule has 0 saturated carbocycles. The van der Waals surface area contributed by atoms with Gasteiger partial charge in [0.2, 0.25) is 5.82 Å². The van der Waals surface area contributed by atoms with E-state index in [0.717, 1.165) is 0 Å². The third kappa shape index (κ3) is 1.16. The van der Waals surface area contributed by atoms with Crippen molar-refractivity contribution in [2.45, 2.75) is 6.92 Å². The molecule has 2 heterocycles. The summed E-state index contributed by atoms with van der Waals surface area (Å²) < 4.78 is 4.86. The van der Waals surface area contributed by atoms with Crippen LogP contribution in [0.15, 0.2) is 23.0 Å². The van der Waals surface area contributed by atoms with Gasteiger partial charge in [-0.25, -0.2) is 9.97 Å². The van der Waals surface area contributed by atoms with Crippen molar-refractivity contribution in [3.05, 3.63) is 24.3 Å². The average Bonchev–Trinajstić information content (AvgIpc) is 2.54. The highest BCUT2D eigenvalue weighted by Gasteiger charge is 2.06. The van der Waals surface area contributed by atoms with E-state index in [1.54, 1.807) is 25.4 Å². The van der Waals surface area contributed by atoms with Gasteiger partial charge >= 0.3 is 0 Å². The van der Waals surface area contributed by atoms with E-state index in [-0.39, 0.29) is 0 Å². The van der Waals surface area contributed by atoms with Crippen LogP contribution in [0.5, 0.6) is 0 Å². The summed E-state index contributed by atoms with van der Waals surface area (Å²) in [6.07, 6.45) is 3.25. The summed E-state index contributed by atoms with van der Waals surface area (Å²) in [6.45, 7) is 1.75. The SMILES string of the molecule is Cc1noc(-c2ncccn2)n1. The van der Waals surface area contributed by atoms with Crippen molar-refractivity contribution >= 4 is 0 Å². The first-order chi connectivity index (χ1) is 5.86. The molecule has 0 aromatic carbocycles. The molecule has 12 heavy (non-hydrogen) atoms. The second kappa shape index (κ2) is 2.69. The first-order valence-corrected chi connectivity index (χ1v) is 3.44. The Bertz CT molecular complexity index is 370. The number of hydrogen-bond donors (Lipinski definition) is 0. The quantitative estimate of drug-likeness (QED) is 0.621. The zero-order chi connectivity index (χ0) is 8.39. The second-order valence-corrected chi connectivity index (χ2v) is 2.22. The molecule has 0 aliphatic heterocycles. The van der Waals surface area contributed by atoms with E-state index in [0.29, 0.717) is 17.5 Å². The van der Waals surface area contributed by atoms with Gasteiger partial charge in [0.25, 0.3) is 5.89 Å². The summed E-state index contributed by atoms with van der Waals surface area (Å²) in [6, 6.07) is 1.73. The van der Waals surface area contributed by atoms with Crippen LogP contribution in [-0.2, 0) is 0 Å². The predicted octanol–water partition coefficient (Wildman–Crippen LogP) is 0.835. The number of aromatic nitrogens is 4. The number of rotatable bonds is 1. The third-order valence-electron chi connectivity index (χ3n) is 1.28. The standard InChI is InChI=1S/C7H6N4O/c1-5-10-7(12-11-5)6-8-3-2-4-9-6/h2-4H,1H3. The van der Waals surface area contributed by atoms with Crippen molar-refractivity contribution in [1.29, 1.82) is 0 Å². The third-order valence-corrected chi connectivity index (χ3v) is 1.28. The zero-order valence-corrected chi connectivity index (χ0v) is 6.43. The molecule has 0 amide bonds. The molecule has 60 valence electrons. The van der Waals surface area contributed by atoms with Crippen LogP contribution < -0.4 is 0 Å². The van der Waals surface area contributed by atoms with Gasteiger partial charge in [0.15, 0.2) is 5.82 Å². The molecule has 0 fully saturated rings. The van der Waals surface area contributed by atoms with Gasteiger partial charge < -0.3 is 4.52 Å².